The smallest absolute Gasteiger partial charge is 0.404 e. The summed E-state index contributed by atoms with van der Waals surface area (Å²) in [6, 6.07) is 5.60. The van der Waals surface area contributed by atoms with Gasteiger partial charge in [-0.2, -0.15) is 0 Å². The molecule has 0 amide bonds. The Balaban J connectivity index is 2.09. The molecule has 124 valence electrons. The van der Waals surface area contributed by atoms with Crippen molar-refractivity contribution >= 4 is 23.0 Å². The van der Waals surface area contributed by atoms with Gasteiger partial charge >= 0.3 is 6.36 Å². The molecule has 0 aliphatic heterocycles. The average Bonchev–Trinajstić information content (AvgIpc) is 2.75. The van der Waals surface area contributed by atoms with Crippen molar-refractivity contribution in [2.45, 2.75) is 26.8 Å². The summed E-state index contributed by atoms with van der Waals surface area (Å²) in [6.07, 6.45) is -4.78. The van der Waals surface area contributed by atoms with Crippen LogP contribution in [0.25, 0.3) is 0 Å². The van der Waals surface area contributed by atoms with E-state index in [0.29, 0.717) is 0 Å². The summed E-state index contributed by atoms with van der Waals surface area (Å²) in [7, 11) is 0. The summed E-state index contributed by atoms with van der Waals surface area (Å²) in [4.78, 5) is 9.43. The lowest BCUT2D eigenvalue weighted by molar-refractivity contribution is -0.274. The van der Waals surface area contributed by atoms with Gasteiger partial charge in [-0.05, 0) is 26.0 Å². The molecule has 5 nitrogen and oxygen atoms in total. The van der Waals surface area contributed by atoms with Gasteiger partial charge in [0, 0.05) is 4.88 Å². The van der Waals surface area contributed by atoms with Crippen LogP contribution in [0.4, 0.5) is 18.9 Å². The Labute approximate surface area is 135 Å². The topological polar surface area (TPSA) is 72.5 Å². The molecule has 0 fully saturated rings. The molecule has 2 aromatic rings. The van der Waals surface area contributed by atoms with Crippen LogP contribution in [0, 0.1) is 13.8 Å². The van der Waals surface area contributed by atoms with Crippen molar-refractivity contribution in [1.29, 1.82) is 0 Å². The van der Waals surface area contributed by atoms with Gasteiger partial charge in [-0.3, -0.25) is 0 Å². The minimum absolute atomic E-state index is 0.0201. The molecule has 0 bridgehead atoms. The quantitative estimate of drug-likeness (QED) is 0.657. The van der Waals surface area contributed by atoms with Crippen LogP contribution in [0.1, 0.15) is 15.6 Å². The van der Waals surface area contributed by atoms with E-state index in [4.69, 9.17) is 5.73 Å². The van der Waals surface area contributed by atoms with E-state index in [1.54, 1.807) is 17.4 Å². The number of alkyl halides is 3. The second-order valence-corrected chi connectivity index (χ2v) is 6.01. The zero-order chi connectivity index (χ0) is 17.0. The van der Waals surface area contributed by atoms with Crippen LogP contribution in [0.2, 0.25) is 0 Å². The lowest BCUT2D eigenvalue weighted by atomic mass is 10.3. The number of nitrogens with one attached hydrogen (secondary N) is 1. The van der Waals surface area contributed by atoms with Gasteiger partial charge in [0.15, 0.2) is 11.7 Å². The molecule has 0 saturated heterocycles. The van der Waals surface area contributed by atoms with Gasteiger partial charge in [0.1, 0.15) is 0 Å². The number of nitrogens with two attached hydrogens (primary N) is 1. The number of anilines is 1. The zero-order valence-corrected chi connectivity index (χ0v) is 13.3. The lowest BCUT2D eigenvalue weighted by Crippen LogP contribution is -2.24. The van der Waals surface area contributed by atoms with Crippen molar-refractivity contribution in [3.8, 4) is 5.75 Å². The van der Waals surface area contributed by atoms with Crippen molar-refractivity contribution in [2.75, 3.05) is 5.32 Å². The highest BCUT2D eigenvalue weighted by molar-refractivity contribution is 7.11. The number of aromatic nitrogens is 1. The fourth-order valence-corrected chi connectivity index (χ4v) is 2.67. The molecule has 0 atom stereocenters. The maximum atomic E-state index is 12.4. The van der Waals surface area contributed by atoms with Crippen LogP contribution < -0.4 is 15.8 Å². The van der Waals surface area contributed by atoms with Gasteiger partial charge in [-0.15, -0.1) is 24.5 Å². The second kappa shape index (κ2) is 6.86. The Bertz CT molecular complexity index is 712. The van der Waals surface area contributed by atoms with Crippen LogP contribution >= 0.6 is 11.3 Å². The summed E-state index contributed by atoms with van der Waals surface area (Å²) in [5.41, 5.74) is 6.59. The summed E-state index contributed by atoms with van der Waals surface area (Å²) >= 11 is 1.55. The molecule has 23 heavy (non-hydrogen) atoms. The number of guanidine groups is 1. The van der Waals surface area contributed by atoms with E-state index in [0.717, 1.165) is 15.6 Å². The molecule has 1 aromatic carbocycles. The SMILES string of the molecule is Cc1nc(CN=C(N)Nc2ccccc2OC(F)(F)F)c(C)s1. The summed E-state index contributed by atoms with van der Waals surface area (Å²) in [5.74, 6) is -0.396. The van der Waals surface area contributed by atoms with Crippen molar-refractivity contribution in [3.63, 3.8) is 0 Å². The summed E-state index contributed by atoms with van der Waals surface area (Å²) in [5, 5.41) is 3.53. The predicted molar refractivity (Wildman–Crippen MR) is 83.7 cm³/mol. The average molecular weight is 344 g/mol. The first-order valence-electron chi connectivity index (χ1n) is 6.59. The van der Waals surface area contributed by atoms with E-state index in [-0.39, 0.29) is 23.9 Å². The number of aliphatic imine (C=N–C) groups is 1. The fourth-order valence-electron chi connectivity index (χ4n) is 1.84. The Morgan fingerprint density at radius 3 is 2.65 bits per heavy atom. The molecule has 0 aliphatic carbocycles. The first kappa shape index (κ1) is 17.1. The van der Waals surface area contributed by atoms with E-state index < -0.39 is 6.36 Å². The Morgan fingerprint density at radius 1 is 1.35 bits per heavy atom. The van der Waals surface area contributed by atoms with E-state index in [9.17, 15) is 13.2 Å². The van der Waals surface area contributed by atoms with Crippen molar-refractivity contribution in [1.82, 2.24) is 4.98 Å². The van der Waals surface area contributed by atoms with Gasteiger partial charge in [0.25, 0.3) is 0 Å². The highest BCUT2D eigenvalue weighted by atomic mass is 32.1. The number of hydrogen-bond acceptors (Lipinski definition) is 4. The number of nitrogens with zero attached hydrogens (tertiary/aromatic N) is 2. The van der Waals surface area contributed by atoms with Gasteiger partial charge in [-0.25, -0.2) is 9.98 Å². The number of benzene rings is 1. The Kier molecular flexibility index (Phi) is 5.09. The third kappa shape index (κ3) is 5.13. The van der Waals surface area contributed by atoms with Crippen molar-refractivity contribution in [2.24, 2.45) is 10.7 Å². The van der Waals surface area contributed by atoms with Crippen molar-refractivity contribution < 1.29 is 17.9 Å². The molecule has 9 heteroatoms. The number of hydrogen-bond donors (Lipinski definition) is 2. The van der Waals surface area contributed by atoms with Crippen molar-refractivity contribution in [3.05, 3.63) is 39.8 Å². The molecule has 0 unspecified atom stereocenters. The minimum atomic E-state index is -4.78. The number of thiazole rings is 1. The molecule has 0 spiro atoms. The number of halogens is 3. The van der Waals surface area contributed by atoms with Crippen LogP contribution in [0.15, 0.2) is 29.3 Å². The number of aryl methyl sites for hydroxylation is 2. The number of ether oxygens (including phenoxy) is 1. The Morgan fingerprint density at radius 2 is 2.04 bits per heavy atom. The monoisotopic (exact) mass is 344 g/mol. The zero-order valence-electron chi connectivity index (χ0n) is 12.4. The second-order valence-electron chi connectivity index (χ2n) is 4.61. The molecular weight excluding hydrogens is 329 g/mol. The molecule has 0 radical (unpaired) electrons. The molecular formula is C14H15F3N4OS. The maximum Gasteiger partial charge on any atom is 0.573 e. The van der Waals surface area contributed by atoms with Gasteiger partial charge in [-0.1, -0.05) is 12.1 Å². The predicted octanol–water partition coefficient (Wildman–Crippen LogP) is 3.59. The number of rotatable bonds is 4. The summed E-state index contributed by atoms with van der Waals surface area (Å²) < 4.78 is 41.0. The molecule has 0 saturated carbocycles. The normalized spacial score (nSPS) is 12.3. The first-order chi connectivity index (χ1) is 10.7. The maximum absolute atomic E-state index is 12.4. The van der Waals surface area contributed by atoms with Crippen LogP contribution in [-0.2, 0) is 6.54 Å². The fraction of sp³-hybridized carbons (Fsp3) is 0.286. The third-order valence-electron chi connectivity index (χ3n) is 2.77. The van der Waals surface area contributed by atoms with E-state index >= 15 is 0 Å². The Hall–Kier alpha value is -2.29. The largest absolute Gasteiger partial charge is 0.573 e. The highest BCUT2D eigenvalue weighted by Gasteiger charge is 2.32. The first-order valence-corrected chi connectivity index (χ1v) is 7.41. The number of para-hydroxylation sites is 2. The van der Waals surface area contributed by atoms with Gasteiger partial charge < -0.3 is 15.8 Å². The third-order valence-corrected chi connectivity index (χ3v) is 3.70. The van der Waals surface area contributed by atoms with E-state index in [2.05, 4.69) is 20.0 Å². The molecule has 0 aliphatic rings. The van der Waals surface area contributed by atoms with Gasteiger partial charge in [0.2, 0.25) is 0 Å². The van der Waals surface area contributed by atoms with Gasteiger partial charge in [0.05, 0.1) is 22.9 Å². The van der Waals surface area contributed by atoms with Crippen LogP contribution in [0.5, 0.6) is 5.75 Å². The minimum Gasteiger partial charge on any atom is -0.404 e. The molecule has 1 heterocycles. The standard InChI is InChI=1S/C14H15F3N4OS/c1-8-11(20-9(2)23-8)7-19-13(18)21-10-5-3-4-6-12(10)22-14(15,16)17/h3-6H,7H2,1-2H3,(H3,18,19,21). The van der Waals surface area contributed by atoms with E-state index in [1.165, 1.54) is 18.2 Å². The molecule has 3 N–H and O–H groups in total. The van der Waals surface area contributed by atoms with Crippen LogP contribution in [-0.4, -0.2) is 17.3 Å². The summed E-state index contributed by atoms with van der Waals surface area (Å²) in [6.45, 7) is 4.06. The van der Waals surface area contributed by atoms with Crippen LogP contribution in [0.3, 0.4) is 0 Å². The molecule has 2 rings (SSSR count). The lowest BCUT2D eigenvalue weighted by Gasteiger charge is -2.14. The molecule has 1 aromatic heterocycles. The van der Waals surface area contributed by atoms with E-state index in [1.807, 2.05) is 13.8 Å². The highest BCUT2D eigenvalue weighted by Crippen LogP contribution is 2.29.